The van der Waals surface area contributed by atoms with E-state index in [0.717, 1.165) is 18.7 Å². The number of imide groups is 1. The molecule has 3 aliphatic heterocycles. The Hall–Kier alpha value is -3.63. The van der Waals surface area contributed by atoms with Crippen molar-refractivity contribution in [3.63, 3.8) is 0 Å². The van der Waals surface area contributed by atoms with Crippen molar-refractivity contribution in [1.82, 2.24) is 24.6 Å². The van der Waals surface area contributed by atoms with Gasteiger partial charge in [-0.1, -0.05) is 23.7 Å². The number of hydrogen-bond donors (Lipinski definition) is 2. The average Bonchev–Trinajstić information content (AvgIpc) is 3.34. The fourth-order valence-electron chi connectivity index (χ4n) is 6.49. The summed E-state index contributed by atoms with van der Waals surface area (Å²) in [6.45, 7) is 7.20. The van der Waals surface area contributed by atoms with Crippen molar-refractivity contribution in [2.45, 2.75) is 38.3 Å². The number of phenols is 1. The predicted octanol–water partition coefficient (Wildman–Crippen LogP) is 3.89. The molecule has 4 amide bonds. The lowest BCUT2D eigenvalue weighted by molar-refractivity contribution is -0.133. The number of hydrogen-bond acceptors (Lipinski definition) is 5. The average molecular weight is 568 g/mol. The van der Waals surface area contributed by atoms with Crippen molar-refractivity contribution in [3.8, 4) is 5.75 Å². The van der Waals surface area contributed by atoms with E-state index < -0.39 is 23.4 Å². The number of rotatable bonds is 5. The summed E-state index contributed by atoms with van der Waals surface area (Å²) in [4.78, 5) is 49.9. The summed E-state index contributed by atoms with van der Waals surface area (Å²) in [5.74, 6) is -0.730. The van der Waals surface area contributed by atoms with E-state index in [9.17, 15) is 23.9 Å². The molecular formula is C29H31ClFN5O4. The number of aromatic amines is 1. The van der Waals surface area contributed by atoms with Crippen molar-refractivity contribution >= 4 is 40.3 Å². The topological polar surface area (TPSA) is 100 Å². The van der Waals surface area contributed by atoms with Crippen LogP contribution < -0.4 is 0 Å². The molecule has 0 aliphatic carbocycles. The molecule has 210 valence electrons. The van der Waals surface area contributed by atoms with E-state index in [2.05, 4.69) is 9.88 Å². The molecule has 6 rings (SSSR count). The molecule has 0 saturated carbocycles. The van der Waals surface area contributed by atoms with Gasteiger partial charge in [-0.25, -0.2) is 9.18 Å². The van der Waals surface area contributed by atoms with Gasteiger partial charge in [0, 0.05) is 62.7 Å². The van der Waals surface area contributed by atoms with Gasteiger partial charge in [-0.2, -0.15) is 0 Å². The van der Waals surface area contributed by atoms with Crippen LogP contribution in [0.3, 0.4) is 0 Å². The van der Waals surface area contributed by atoms with Crippen LogP contribution in [0.4, 0.5) is 9.18 Å². The van der Waals surface area contributed by atoms with Gasteiger partial charge in [-0.05, 0) is 55.3 Å². The lowest BCUT2D eigenvalue weighted by Crippen LogP contribution is -2.53. The molecule has 40 heavy (non-hydrogen) atoms. The lowest BCUT2D eigenvalue weighted by Gasteiger charge is -2.42. The number of aromatic hydroxyl groups is 1. The summed E-state index contributed by atoms with van der Waals surface area (Å²) in [7, 11) is 0. The minimum atomic E-state index is -1.18. The first kappa shape index (κ1) is 26.6. The summed E-state index contributed by atoms with van der Waals surface area (Å²) < 4.78 is 14.3. The quantitative estimate of drug-likeness (QED) is 0.456. The molecule has 1 aromatic heterocycles. The standard InChI is InChI=1S/C29H31ClFN5O4/c1-17(37)34-11-9-33(10-12-34)7-4-8-35-27(39)29(2)16-21-20-14-22(30)23(31)15-24(20)32-25(21)26(36(29)28(35)40)18-5-3-6-19(38)13-18/h3,5-6,13-15,26,32,38H,4,7-12,16H2,1-2H3. The summed E-state index contributed by atoms with van der Waals surface area (Å²) in [6, 6.07) is 8.43. The zero-order valence-corrected chi connectivity index (χ0v) is 23.2. The summed E-state index contributed by atoms with van der Waals surface area (Å²) in [6.07, 6.45) is 0.856. The Morgan fingerprint density at radius 2 is 1.90 bits per heavy atom. The number of carbonyl (C=O) groups is 3. The molecule has 2 atom stereocenters. The molecule has 2 fully saturated rings. The minimum Gasteiger partial charge on any atom is -0.508 e. The third-order valence-corrected chi connectivity index (χ3v) is 8.86. The summed E-state index contributed by atoms with van der Waals surface area (Å²) in [5.41, 5.74) is 1.46. The fraction of sp³-hybridized carbons (Fsp3) is 0.414. The Morgan fingerprint density at radius 1 is 1.15 bits per heavy atom. The van der Waals surface area contributed by atoms with Crippen LogP contribution in [0.1, 0.15) is 43.1 Å². The highest BCUT2D eigenvalue weighted by Gasteiger charge is 2.60. The molecule has 9 nitrogen and oxygen atoms in total. The number of fused-ring (bicyclic) bond motifs is 4. The Morgan fingerprint density at radius 3 is 2.60 bits per heavy atom. The maximum atomic E-state index is 14.3. The van der Waals surface area contributed by atoms with Crippen LogP contribution in [0.5, 0.6) is 5.75 Å². The highest BCUT2D eigenvalue weighted by atomic mass is 35.5. The number of amides is 4. The van der Waals surface area contributed by atoms with Crippen LogP contribution in [0.2, 0.25) is 5.02 Å². The van der Waals surface area contributed by atoms with Crippen LogP contribution in [-0.2, 0) is 16.0 Å². The van der Waals surface area contributed by atoms with Gasteiger partial charge < -0.3 is 15.0 Å². The van der Waals surface area contributed by atoms with E-state index in [-0.39, 0.29) is 35.6 Å². The minimum absolute atomic E-state index is 0.0182. The summed E-state index contributed by atoms with van der Waals surface area (Å²) >= 11 is 6.14. The lowest BCUT2D eigenvalue weighted by atomic mass is 9.81. The normalized spacial score (nSPS) is 23.2. The Kier molecular flexibility index (Phi) is 6.50. The van der Waals surface area contributed by atoms with Crippen molar-refractivity contribution in [3.05, 3.63) is 64.1 Å². The third-order valence-electron chi connectivity index (χ3n) is 8.57. The van der Waals surface area contributed by atoms with Crippen molar-refractivity contribution in [2.24, 2.45) is 0 Å². The molecule has 2 unspecified atom stereocenters. The number of halogens is 2. The molecule has 0 radical (unpaired) electrons. The number of phenolic OH excluding ortho intramolecular Hbond substituents is 1. The van der Waals surface area contributed by atoms with Crippen LogP contribution in [0.25, 0.3) is 10.9 Å². The zero-order valence-electron chi connectivity index (χ0n) is 22.4. The second-order valence-electron chi connectivity index (χ2n) is 11.1. The van der Waals surface area contributed by atoms with Gasteiger partial charge >= 0.3 is 6.03 Å². The highest BCUT2D eigenvalue weighted by molar-refractivity contribution is 6.31. The first-order chi connectivity index (χ1) is 19.1. The second kappa shape index (κ2) is 9.78. The monoisotopic (exact) mass is 567 g/mol. The Labute approximate surface area is 236 Å². The van der Waals surface area contributed by atoms with Gasteiger partial charge in [0.25, 0.3) is 5.91 Å². The molecule has 4 heterocycles. The van der Waals surface area contributed by atoms with Crippen LogP contribution >= 0.6 is 11.6 Å². The van der Waals surface area contributed by atoms with Gasteiger partial charge in [-0.3, -0.25) is 24.3 Å². The molecule has 0 bridgehead atoms. The fourth-order valence-corrected chi connectivity index (χ4v) is 6.65. The van der Waals surface area contributed by atoms with Gasteiger partial charge in [-0.15, -0.1) is 0 Å². The Balaban J connectivity index is 1.31. The van der Waals surface area contributed by atoms with Gasteiger partial charge in [0.2, 0.25) is 5.91 Å². The largest absolute Gasteiger partial charge is 0.508 e. The molecule has 11 heteroatoms. The van der Waals surface area contributed by atoms with Crippen molar-refractivity contribution < 1.29 is 23.9 Å². The van der Waals surface area contributed by atoms with Crippen molar-refractivity contribution in [1.29, 1.82) is 0 Å². The molecule has 3 aromatic rings. The maximum absolute atomic E-state index is 14.3. The number of nitrogens with one attached hydrogen (secondary N) is 1. The first-order valence-corrected chi connectivity index (χ1v) is 13.9. The second-order valence-corrected chi connectivity index (χ2v) is 11.5. The molecule has 0 spiro atoms. The van der Waals surface area contributed by atoms with Crippen LogP contribution in [0, 0.1) is 5.82 Å². The summed E-state index contributed by atoms with van der Waals surface area (Å²) in [5, 5.41) is 11.0. The Bertz CT molecular complexity index is 1530. The molecule has 2 N–H and O–H groups in total. The number of benzene rings is 2. The van der Waals surface area contributed by atoms with Crippen LogP contribution in [0.15, 0.2) is 36.4 Å². The maximum Gasteiger partial charge on any atom is 0.328 e. The molecule has 2 saturated heterocycles. The number of aromatic nitrogens is 1. The highest BCUT2D eigenvalue weighted by Crippen LogP contribution is 2.49. The third kappa shape index (κ3) is 4.21. The smallest absolute Gasteiger partial charge is 0.328 e. The van der Waals surface area contributed by atoms with E-state index in [1.165, 1.54) is 11.0 Å². The van der Waals surface area contributed by atoms with E-state index in [4.69, 9.17) is 11.6 Å². The van der Waals surface area contributed by atoms with Gasteiger partial charge in [0.1, 0.15) is 23.1 Å². The van der Waals surface area contributed by atoms with Gasteiger partial charge in [0.15, 0.2) is 0 Å². The number of nitrogens with zero attached hydrogens (tertiary/aromatic N) is 4. The van der Waals surface area contributed by atoms with E-state index in [0.29, 0.717) is 48.2 Å². The number of H-pyrrole nitrogens is 1. The van der Waals surface area contributed by atoms with E-state index in [1.54, 1.807) is 49.1 Å². The molecular weight excluding hydrogens is 537 g/mol. The number of piperazine rings is 1. The van der Waals surface area contributed by atoms with Crippen molar-refractivity contribution in [2.75, 3.05) is 39.3 Å². The van der Waals surface area contributed by atoms with Crippen LogP contribution in [-0.4, -0.2) is 92.3 Å². The number of carbonyl (C=O) groups excluding carboxylic acids is 3. The predicted molar refractivity (Wildman–Crippen MR) is 148 cm³/mol. The zero-order chi connectivity index (χ0) is 28.3. The molecule has 2 aromatic carbocycles. The molecule has 3 aliphatic rings. The van der Waals surface area contributed by atoms with E-state index >= 15 is 0 Å². The first-order valence-electron chi connectivity index (χ1n) is 13.5. The van der Waals surface area contributed by atoms with Gasteiger partial charge in [0.05, 0.1) is 5.02 Å². The number of urea groups is 1. The van der Waals surface area contributed by atoms with E-state index in [1.807, 2.05) is 4.90 Å². The SMILES string of the molecule is CC(=O)N1CCN(CCCN2C(=O)N3C(c4cccc(O)c4)c4[nH]c5cc(F)c(Cl)cc5c4CC3(C)C2=O)CC1.